The predicted molar refractivity (Wildman–Crippen MR) is 55.9 cm³/mol. The van der Waals surface area contributed by atoms with E-state index < -0.39 is 0 Å². The Bertz CT molecular complexity index is 258. The van der Waals surface area contributed by atoms with Crippen molar-refractivity contribution in [3.63, 3.8) is 0 Å². The van der Waals surface area contributed by atoms with Crippen molar-refractivity contribution in [3.8, 4) is 0 Å². The van der Waals surface area contributed by atoms with Gasteiger partial charge in [0.05, 0.1) is 0 Å². The Morgan fingerprint density at radius 3 is 2.92 bits per heavy atom. The molecule has 1 heterocycles. The Balaban J connectivity index is 2.68. The van der Waals surface area contributed by atoms with Crippen molar-refractivity contribution in [1.29, 1.82) is 0 Å². The van der Waals surface area contributed by atoms with E-state index in [1.54, 1.807) is 0 Å². The Hall–Kier alpha value is -1.09. The molecule has 3 nitrogen and oxygen atoms in total. The number of rotatable bonds is 4. The number of hydrogen-bond acceptors (Lipinski definition) is 3. The fourth-order valence-electron chi connectivity index (χ4n) is 1.09. The Morgan fingerprint density at radius 2 is 2.31 bits per heavy atom. The number of nitrogens with two attached hydrogens (primary N) is 1. The molecule has 0 aliphatic heterocycles. The summed E-state index contributed by atoms with van der Waals surface area (Å²) in [5.74, 6) is 0.472. The first kappa shape index (κ1) is 9.99. The second kappa shape index (κ2) is 4.82. The molecule has 0 radical (unpaired) electrons. The Kier molecular flexibility index (Phi) is 3.71. The minimum absolute atomic E-state index is 0.472. The SMILES string of the molecule is CC(C)c1cc(NCCN)ccn1. The van der Waals surface area contributed by atoms with Crippen LogP contribution in [0.1, 0.15) is 25.5 Å². The van der Waals surface area contributed by atoms with Gasteiger partial charge in [-0.25, -0.2) is 0 Å². The molecule has 0 unspecified atom stereocenters. The van der Waals surface area contributed by atoms with Crippen LogP contribution in [0.5, 0.6) is 0 Å². The van der Waals surface area contributed by atoms with Crippen LogP contribution in [0, 0.1) is 0 Å². The average molecular weight is 179 g/mol. The molecule has 0 spiro atoms. The van der Waals surface area contributed by atoms with Crippen LogP contribution in [-0.2, 0) is 0 Å². The Labute approximate surface area is 79.4 Å². The molecule has 1 aromatic heterocycles. The minimum Gasteiger partial charge on any atom is -0.384 e. The maximum absolute atomic E-state index is 5.40. The van der Waals surface area contributed by atoms with Crippen LogP contribution < -0.4 is 11.1 Å². The zero-order valence-corrected chi connectivity index (χ0v) is 8.25. The topological polar surface area (TPSA) is 50.9 Å². The lowest BCUT2D eigenvalue weighted by Gasteiger charge is -2.08. The van der Waals surface area contributed by atoms with Crippen LogP contribution in [0.3, 0.4) is 0 Å². The highest BCUT2D eigenvalue weighted by molar-refractivity contribution is 5.43. The lowest BCUT2D eigenvalue weighted by Crippen LogP contribution is -2.13. The number of pyridine rings is 1. The highest BCUT2D eigenvalue weighted by Crippen LogP contribution is 2.15. The molecule has 0 saturated carbocycles. The zero-order chi connectivity index (χ0) is 9.68. The van der Waals surface area contributed by atoms with Crippen molar-refractivity contribution < 1.29 is 0 Å². The summed E-state index contributed by atoms with van der Waals surface area (Å²) in [4.78, 5) is 4.28. The van der Waals surface area contributed by atoms with E-state index in [1.165, 1.54) is 0 Å². The van der Waals surface area contributed by atoms with Crippen molar-refractivity contribution in [3.05, 3.63) is 24.0 Å². The molecule has 0 aromatic carbocycles. The van der Waals surface area contributed by atoms with Crippen LogP contribution in [0.4, 0.5) is 5.69 Å². The first-order valence-corrected chi connectivity index (χ1v) is 4.64. The molecule has 72 valence electrons. The molecule has 0 aliphatic rings. The van der Waals surface area contributed by atoms with E-state index in [4.69, 9.17) is 5.73 Å². The third-order valence-electron chi connectivity index (χ3n) is 1.85. The molecule has 0 bridgehead atoms. The summed E-state index contributed by atoms with van der Waals surface area (Å²) in [5, 5.41) is 3.22. The van der Waals surface area contributed by atoms with Gasteiger partial charge < -0.3 is 11.1 Å². The number of aromatic nitrogens is 1. The molecule has 13 heavy (non-hydrogen) atoms. The molecule has 1 rings (SSSR count). The van der Waals surface area contributed by atoms with Gasteiger partial charge in [0, 0.05) is 30.7 Å². The van der Waals surface area contributed by atoms with Crippen molar-refractivity contribution in [1.82, 2.24) is 4.98 Å². The van der Waals surface area contributed by atoms with Gasteiger partial charge in [-0.1, -0.05) is 13.8 Å². The first-order valence-electron chi connectivity index (χ1n) is 4.64. The summed E-state index contributed by atoms with van der Waals surface area (Å²) >= 11 is 0. The standard InChI is InChI=1S/C10H17N3/c1-8(2)10-7-9(3-5-13-10)12-6-4-11/h3,5,7-8H,4,6,11H2,1-2H3,(H,12,13). The molecule has 0 saturated heterocycles. The summed E-state index contributed by atoms with van der Waals surface area (Å²) in [6, 6.07) is 4.03. The average Bonchev–Trinajstić information content (AvgIpc) is 2.15. The van der Waals surface area contributed by atoms with Gasteiger partial charge in [0.2, 0.25) is 0 Å². The number of nitrogens with zero attached hydrogens (tertiary/aromatic N) is 1. The van der Waals surface area contributed by atoms with E-state index in [2.05, 4.69) is 30.2 Å². The predicted octanol–water partition coefficient (Wildman–Crippen LogP) is 1.58. The quantitative estimate of drug-likeness (QED) is 0.737. The van der Waals surface area contributed by atoms with Crippen molar-refractivity contribution in [2.24, 2.45) is 5.73 Å². The van der Waals surface area contributed by atoms with E-state index in [0.29, 0.717) is 12.5 Å². The van der Waals surface area contributed by atoms with Crippen LogP contribution in [0.15, 0.2) is 18.3 Å². The molecule has 0 atom stereocenters. The van der Waals surface area contributed by atoms with Crippen molar-refractivity contribution in [2.75, 3.05) is 18.4 Å². The summed E-state index contributed by atoms with van der Waals surface area (Å²) in [6.45, 7) is 5.73. The van der Waals surface area contributed by atoms with Crippen LogP contribution in [-0.4, -0.2) is 18.1 Å². The molecule has 3 N–H and O–H groups in total. The Morgan fingerprint density at radius 1 is 1.54 bits per heavy atom. The maximum atomic E-state index is 5.40. The number of anilines is 1. The monoisotopic (exact) mass is 179 g/mol. The van der Waals surface area contributed by atoms with Gasteiger partial charge in [0.15, 0.2) is 0 Å². The smallest absolute Gasteiger partial charge is 0.0449 e. The fourth-order valence-corrected chi connectivity index (χ4v) is 1.09. The molecule has 1 aromatic rings. The summed E-state index contributed by atoms with van der Waals surface area (Å²) in [5.41, 5.74) is 7.61. The molecular weight excluding hydrogens is 162 g/mol. The van der Waals surface area contributed by atoms with Gasteiger partial charge in [-0.05, 0) is 18.1 Å². The highest BCUT2D eigenvalue weighted by Gasteiger charge is 2.00. The summed E-state index contributed by atoms with van der Waals surface area (Å²) in [7, 11) is 0. The van der Waals surface area contributed by atoms with E-state index >= 15 is 0 Å². The molecule has 0 fully saturated rings. The van der Waals surface area contributed by atoms with E-state index in [-0.39, 0.29) is 0 Å². The summed E-state index contributed by atoms with van der Waals surface area (Å²) < 4.78 is 0. The van der Waals surface area contributed by atoms with Crippen LogP contribution in [0.25, 0.3) is 0 Å². The maximum Gasteiger partial charge on any atom is 0.0449 e. The van der Waals surface area contributed by atoms with Gasteiger partial charge >= 0.3 is 0 Å². The molecule has 0 aliphatic carbocycles. The van der Waals surface area contributed by atoms with Crippen molar-refractivity contribution in [2.45, 2.75) is 19.8 Å². The van der Waals surface area contributed by atoms with Crippen molar-refractivity contribution >= 4 is 5.69 Å². The normalized spacial score (nSPS) is 10.5. The lowest BCUT2D eigenvalue weighted by atomic mass is 10.1. The largest absolute Gasteiger partial charge is 0.384 e. The van der Waals surface area contributed by atoms with Gasteiger partial charge in [-0.2, -0.15) is 0 Å². The molecule has 0 amide bonds. The number of hydrogen-bond donors (Lipinski definition) is 2. The van der Waals surface area contributed by atoms with E-state index in [9.17, 15) is 0 Å². The van der Waals surface area contributed by atoms with E-state index in [1.807, 2.05) is 12.3 Å². The second-order valence-electron chi connectivity index (χ2n) is 3.34. The minimum atomic E-state index is 0.472. The van der Waals surface area contributed by atoms with Crippen LogP contribution in [0.2, 0.25) is 0 Å². The van der Waals surface area contributed by atoms with Crippen LogP contribution >= 0.6 is 0 Å². The summed E-state index contributed by atoms with van der Waals surface area (Å²) in [6.07, 6.45) is 1.83. The zero-order valence-electron chi connectivity index (χ0n) is 8.25. The first-order chi connectivity index (χ1) is 6.24. The third-order valence-corrected chi connectivity index (χ3v) is 1.85. The number of nitrogens with one attached hydrogen (secondary N) is 1. The van der Waals surface area contributed by atoms with E-state index in [0.717, 1.165) is 17.9 Å². The lowest BCUT2D eigenvalue weighted by molar-refractivity contribution is 0.822. The third kappa shape index (κ3) is 3.03. The van der Waals surface area contributed by atoms with Gasteiger partial charge in [0.25, 0.3) is 0 Å². The second-order valence-corrected chi connectivity index (χ2v) is 3.34. The van der Waals surface area contributed by atoms with Gasteiger partial charge in [-0.15, -0.1) is 0 Å². The van der Waals surface area contributed by atoms with Gasteiger partial charge in [-0.3, -0.25) is 4.98 Å². The highest BCUT2D eigenvalue weighted by atomic mass is 14.9. The molecular formula is C10H17N3. The van der Waals surface area contributed by atoms with Gasteiger partial charge in [0.1, 0.15) is 0 Å². The fraction of sp³-hybridized carbons (Fsp3) is 0.500. The molecule has 3 heteroatoms.